The van der Waals surface area contributed by atoms with Gasteiger partial charge in [-0.15, -0.1) is 0 Å². The molecule has 0 saturated heterocycles. The van der Waals surface area contributed by atoms with Crippen LogP contribution in [0.15, 0.2) is 12.3 Å². The van der Waals surface area contributed by atoms with Gasteiger partial charge in [0.2, 0.25) is 0 Å². The van der Waals surface area contributed by atoms with Gasteiger partial charge in [-0.2, -0.15) is 5.10 Å². The summed E-state index contributed by atoms with van der Waals surface area (Å²) >= 11 is 0. The molecule has 100 valence electrons. The predicted octanol–water partition coefficient (Wildman–Crippen LogP) is 1.14. The van der Waals surface area contributed by atoms with Gasteiger partial charge in [-0.25, -0.2) is 4.79 Å². The van der Waals surface area contributed by atoms with Crippen LogP contribution in [0.3, 0.4) is 0 Å². The van der Waals surface area contributed by atoms with Crippen LogP contribution in [-0.4, -0.2) is 43.9 Å². The first kappa shape index (κ1) is 14.0. The maximum atomic E-state index is 12.0. The molecular formula is C11H18N4O3. The molecule has 7 nitrogen and oxygen atoms in total. The number of carboxylic acid groups (broad SMARTS) is 1. The van der Waals surface area contributed by atoms with E-state index < -0.39 is 17.5 Å². The summed E-state index contributed by atoms with van der Waals surface area (Å²) < 4.78 is 1.55. The second kappa shape index (κ2) is 5.07. The minimum atomic E-state index is -1.05. The highest BCUT2D eigenvalue weighted by Crippen LogP contribution is 2.15. The first-order valence-electron chi connectivity index (χ1n) is 5.50. The van der Waals surface area contributed by atoms with Crippen molar-refractivity contribution in [2.24, 2.45) is 7.05 Å². The molecule has 0 aliphatic carbocycles. The van der Waals surface area contributed by atoms with Crippen LogP contribution in [0.25, 0.3) is 0 Å². The molecular weight excluding hydrogens is 236 g/mol. The minimum Gasteiger partial charge on any atom is -0.480 e. The van der Waals surface area contributed by atoms with Crippen molar-refractivity contribution in [1.82, 2.24) is 14.7 Å². The second-order valence-corrected chi connectivity index (χ2v) is 4.96. The lowest BCUT2D eigenvalue weighted by atomic mass is 10.1. The SMILES string of the molecule is Cn1ccc(NC(=O)N(CC(=O)O)C(C)(C)C)n1. The minimum absolute atomic E-state index is 0.359. The topological polar surface area (TPSA) is 87.5 Å². The van der Waals surface area contributed by atoms with E-state index >= 15 is 0 Å². The molecule has 0 aliphatic rings. The number of carbonyl (C=O) groups is 2. The summed E-state index contributed by atoms with van der Waals surface area (Å²) in [5, 5.41) is 15.4. The van der Waals surface area contributed by atoms with Crippen molar-refractivity contribution in [3.05, 3.63) is 12.3 Å². The maximum absolute atomic E-state index is 12.0. The highest BCUT2D eigenvalue weighted by atomic mass is 16.4. The smallest absolute Gasteiger partial charge is 0.324 e. The van der Waals surface area contributed by atoms with E-state index in [-0.39, 0.29) is 6.54 Å². The lowest BCUT2D eigenvalue weighted by Crippen LogP contribution is -2.50. The average Bonchev–Trinajstić information content (AvgIpc) is 2.58. The number of aromatic nitrogens is 2. The number of nitrogens with one attached hydrogen (secondary N) is 1. The zero-order valence-electron chi connectivity index (χ0n) is 11.0. The van der Waals surface area contributed by atoms with Gasteiger partial charge in [0.1, 0.15) is 6.54 Å². The molecule has 7 heteroatoms. The molecule has 0 fully saturated rings. The Morgan fingerprint density at radius 2 is 2.11 bits per heavy atom. The fourth-order valence-corrected chi connectivity index (χ4v) is 1.41. The van der Waals surface area contributed by atoms with Gasteiger partial charge < -0.3 is 10.0 Å². The monoisotopic (exact) mass is 254 g/mol. The number of nitrogens with zero attached hydrogens (tertiary/aromatic N) is 3. The molecule has 1 heterocycles. The second-order valence-electron chi connectivity index (χ2n) is 4.96. The molecule has 18 heavy (non-hydrogen) atoms. The van der Waals surface area contributed by atoms with Gasteiger partial charge in [0.05, 0.1) is 0 Å². The lowest BCUT2D eigenvalue weighted by Gasteiger charge is -2.34. The summed E-state index contributed by atoms with van der Waals surface area (Å²) in [6.45, 7) is 4.96. The summed E-state index contributed by atoms with van der Waals surface area (Å²) in [6.07, 6.45) is 1.69. The third kappa shape index (κ3) is 3.76. The van der Waals surface area contributed by atoms with Gasteiger partial charge >= 0.3 is 12.0 Å². The van der Waals surface area contributed by atoms with Gasteiger partial charge in [0, 0.05) is 24.8 Å². The first-order valence-corrected chi connectivity index (χ1v) is 5.50. The number of anilines is 1. The van der Waals surface area contributed by atoms with Crippen LogP contribution in [0.2, 0.25) is 0 Å². The number of rotatable bonds is 3. The van der Waals surface area contributed by atoms with Crippen LogP contribution in [0.5, 0.6) is 0 Å². The molecule has 1 aromatic heterocycles. The molecule has 0 radical (unpaired) electrons. The van der Waals surface area contributed by atoms with Crippen LogP contribution in [-0.2, 0) is 11.8 Å². The molecule has 1 aromatic rings. The van der Waals surface area contributed by atoms with E-state index in [4.69, 9.17) is 5.11 Å². The van der Waals surface area contributed by atoms with E-state index in [0.29, 0.717) is 5.82 Å². The number of carbonyl (C=O) groups excluding carboxylic acids is 1. The Balaban J connectivity index is 2.80. The van der Waals surface area contributed by atoms with Crippen molar-refractivity contribution >= 4 is 17.8 Å². The third-order valence-corrected chi connectivity index (χ3v) is 2.30. The maximum Gasteiger partial charge on any atom is 0.324 e. The first-order chi connectivity index (χ1) is 8.20. The number of carboxylic acids is 1. The van der Waals surface area contributed by atoms with Crippen molar-refractivity contribution < 1.29 is 14.7 Å². The lowest BCUT2D eigenvalue weighted by molar-refractivity contribution is -0.138. The van der Waals surface area contributed by atoms with E-state index in [1.54, 1.807) is 44.8 Å². The summed E-state index contributed by atoms with van der Waals surface area (Å²) in [7, 11) is 1.73. The van der Waals surface area contributed by atoms with E-state index in [9.17, 15) is 9.59 Å². The van der Waals surface area contributed by atoms with E-state index in [1.807, 2.05) is 0 Å². The molecule has 1 rings (SSSR count). The van der Waals surface area contributed by atoms with Crippen molar-refractivity contribution in [2.75, 3.05) is 11.9 Å². The van der Waals surface area contributed by atoms with Gasteiger partial charge in [-0.05, 0) is 20.8 Å². The summed E-state index contributed by atoms with van der Waals surface area (Å²) in [5.41, 5.74) is -0.586. The van der Waals surface area contributed by atoms with Gasteiger partial charge in [-0.1, -0.05) is 0 Å². The fourth-order valence-electron chi connectivity index (χ4n) is 1.41. The highest BCUT2D eigenvalue weighted by Gasteiger charge is 2.28. The number of aliphatic carboxylic acids is 1. The molecule has 0 saturated carbocycles. The summed E-state index contributed by atoms with van der Waals surface area (Å²) in [4.78, 5) is 24.0. The van der Waals surface area contributed by atoms with Crippen LogP contribution in [0.1, 0.15) is 20.8 Å². The van der Waals surface area contributed by atoms with E-state index in [0.717, 1.165) is 0 Å². The van der Waals surface area contributed by atoms with E-state index in [1.165, 1.54) is 4.90 Å². The van der Waals surface area contributed by atoms with Crippen molar-refractivity contribution in [3.63, 3.8) is 0 Å². The number of aryl methyl sites for hydroxylation is 1. The number of amides is 2. The Morgan fingerprint density at radius 1 is 1.50 bits per heavy atom. The third-order valence-electron chi connectivity index (χ3n) is 2.30. The molecule has 0 spiro atoms. The number of hydrogen-bond acceptors (Lipinski definition) is 3. The Hall–Kier alpha value is -2.05. The van der Waals surface area contributed by atoms with Crippen LogP contribution in [0, 0.1) is 0 Å². The molecule has 0 aromatic carbocycles. The molecule has 0 bridgehead atoms. The van der Waals surface area contributed by atoms with Crippen LogP contribution in [0.4, 0.5) is 10.6 Å². The standard InChI is InChI=1S/C11H18N4O3/c1-11(2,3)15(7-9(16)17)10(18)12-8-5-6-14(4)13-8/h5-6H,7H2,1-4H3,(H,16,17)(H,12,13,18). The van der Waals surface area contributed by atoms with Crippen molar-refractivity contribution in [2.45, 2.75) is 26.3 Å². The largest absolute Gasteiger partial charge is 0.480 e. The quantitative estimate of drug-likeness (QED) is 0.846. The Kier molecular flexibility index (Phi) is 3.95. The highest BCUT2D eigenvalue weighted by molar-refractivity contribution is 5.90. The summed E-state index contributed by atoms with van der Waals surface area (Å²) in [6, 6.07) is 1.16. The molecule has 2 amide bonds. The zero-order valence-corrected chi connectivity index (χ0v) is 11.0. The molecule has 0 atom stereocenters. The number of hydrogen-bond donors (Lipinski definition) is 2. The molecule has 2 N–H and O–H groups in total. The normalized spacial score (nSPS) is 11.1. The van der Waals surface area contributed by atoms with Crippen LogP contribution < -0.4 is 5.32 Å². The Labute approximate surface area is 105 Å². The van der Waals surface area contributed by atoms with Crippen molar-refractivity contribution in [3.8, 4) is 0 Å². The fraction of sp³-hybridized carbons (Fsp3) is 0.545. The number of urea groups is 1. The van der Waals surface area contributed by atoms with Crippen molar-refractivity contribution in [1.29, 1.82) is 0 Å². The van der Waals surface area contributed by atoms with Gasteiger partial charge in [-0.3, -0.25) is 14.8 Å². The summed E-state index contributed by atoms with van der Waals surface area (Å²) in [5.74, 6) is -0.664. The Morgan fingerprint density at radius 3 is 2.50 bits per heavy atom. The van der Waals surface area contributed by atoms with Gasteiger partial charge in [0.15, 0.2) is 5.82 Å². The molecule has 0 aliphatic heterocycles. The molecule has 0 unspecified atom stereocenters. The predicted molar refractivity (Wildman–Crippen MR) is 66.3 cm³/mol. The van der Waals surface area contributed by atoms with Crippen LogP contribution >= 0.6 is 0 Å². The van der Waals surface area contributed by atoms with E-state index in [2.05, 4.69) is 10.4 Å². The van der Waals surface area contributed by atoms with Gasteiger partial charge in [0.25, 0.3) is 0 Å². The Bertz CT molecular complexity index is 447. The zero-order chi connectivity index (χ0) is 13.9. The average molecular weight is 254 g/mol.